The van der Waals surface area contributed by atoms with Gasteiger partial charge in [0.05, 0.1) is 0 Å². The summed E-state index contributed by atoms with van der Waals surface area (Å²) in [7, 11) is 0. The molecule has 0 rings (SSSR count). The molecule has 0 amide bonds. The molecule has 0 aromatic carbocycles. The Hall–Kier alpha value is -2.89. The molecule has 0 heterocycles. The van der Waals surface area contributed by atoms with E-state index >= 15 is 0 Å². The Morgan fingerprint density at radius 2 is 0.707 bits per heavy atom. The summed E-state index contributed by atoms with van der Waals surface area (Å²) in [5.74, 6) is -0.973. The Morgan fingerprint density at radius 3 is 1.19 bits per heavy atom. The molecule has 0 bridgehead atoms. The maximum Gasteiger partial charge on any atom is 0.306 e. The summed E-state index contributed by atoms with van der Waals surface area (Å²) in [5.41, 5.74) is 0. The zero-order chi connectivity index (χ0) is 42.3. The SMILES string of the molecule is CC\C=C/C=C\C=C/C=C\CCCCCC(=O)OC(COC(=O)CCC/C=C\CCCCCC)COC(=O)CCCCCCCCCCCCCCCCCCCC. The van der Waals surface area contributed by atoms with E-state index in [1.807, 2.05) is 36.5 Å². The topological polar surface area (TPSA) is 78.9 Å². The molecule has 0 aliphatic heterocycles. The van der Waals surface area contributed by atoms with Gasteiger partial charge < -0.3 is 14.2 Å². The second-order valence-electron chi connectivity index (χ2n) is 16.1. The summed E-state index contributed by atoms with van der Waals surface area (Å²) < 4.78 is 16.7. The number of hydrogen-bond donors (Lipinski definition) is 0. The van der Waals surface area contributed by atoms with E-state index in [0.29, 0.717) is 25.7 Å². The Labute approximate surface area is 358 Å². The molecule has 1 atom stereocenters. The molecule has 0 spiro atoms. The van der Waals surface area contributed by atoms with Gasteiger partial charge in [0.25, 0.3) is 0 Å². The standard InChI is InChI=1S/C52H90O6/c1-4-7-10-13-16-19-21-23-24-25-26-27-29-30-33-36-39-42-45-51(54)57-48-49(47-56-50(53)44-41-38-35-32-18-15-12-9-6-3)58-52(55)46-43-40-37-34-31-28-22-20-17-14-11-8-5-2/h8,11,14,17,20,22,28,31-32,35,49H,4-7,9-10,12-13,15-16,18-19,21,23-27,29-30,33-34,36-48H2,1-3H3/b11-8-,17-14-,22-20-,31-28-,35-32-. The number of rotatable bonds is 43. The summed E-state index contributed by atoms with van der Waals surface area (Å²) in [6.07, 6.45) is 56.5. The third-order valence-corrected chi connectivity index (χ3v) is 10.4. The fourth-order valence-corrected chi connectivity index (χ4v) is 6.69. The van der Waals surface area contributed by atoms with Crippen LogP contribution in [0.1, 0.15) is 233 Å². The predicted molar refractivity (Wildman–Crippen MR) is 247 cm³/mol. The smallest absolute Gasteiger partial charge is 0.306 e. The molecule has 58 heavy (non-hydrogen) atoms. The average Bonchev–Trinajstić information content (AvgIpc) is 3.22. The van der Waals surface area contributed by atoms with E-state index in [9.17, 15) is 14.4 Å². The van der Waals surface area contributed by atoms with Crippen molar-refractivity contribution < 1.29 is 28.6 Å². The summed E-state index contributed by atoms with van der Waals surface area (Å²) in [6, 6.07) is 0. The van der Waals surface area contributed by atoms with Gasteiger partial charge in [-0.05, 0) is 57.8 Å². The van der Waals surface area contributed by atoms with Gasteiger partial charge in [-0.3, -0.25) is 14.4 Å². The lowest BCUT2D eigenvalue weighted by atomic mass is 10.0. The van der Waals surface area contributed by atoms with Gasteiger partial charge in [-0.25, -0.2) is 0 Å². The molecule has 0 fully saturated rings. The highest BCUT2D eigenvalue weighted by molar-refractivity contribution is 5.71. The van der Waals surface area contributed by atoms with Crippen molar-refractivity contribution in [3.63, 3.8) is 0 Å². The van der Waals surface area contributed by atoms with E-state index in [0.717, 1.165) is 57.8 Å². The predicted octanol–water partition coefficient (Wildman–Crippen LogP) is 15.7. The van der Waals surface area contributed by atoms with Crippen LogP contribution in [0.2, 0.25) is 0 Å². The number of unbranched alkanes of at least 4 members (excludes halogenated alkanes) is 25. The van der Waals surface area contributed by atoms with E-state index in [1.165, 1.54) is 122 Å². The van der Waals surface area contributed by atoms with Crippen molar-refractivity contribution in [2.75, 3.05) is 13.2 Å². The fourth-order valence-electron chi connectivity index (χ4n) is 6.69. The Balaban J connectivity index is 4.35. The van der Waals surface area contributed by atoms with Gasteiger partial charge in [0.15, 0.2) is 6.10 Å². The van der Waals surface area contributed by atoms with Crippen LogP contribution in [0.4, 0.5) is 0 Å². The normalized spacial score (nSPS) is 12.5. The van der Waals surface area contributed by atoms with Crippen molar-refractivity contribution in [3.8, 4) is 0 Å². The first-order valence-corrected chi connectivity index (χ1v) is 24.3. The quantitative estimate of drug-likeness (QED) is 0.0201. The van der Waals surface area contributed by atoms with Crippen LogP contribution in [0, 0.1) is 0 Å². The molecule has 6 nitrogen and oxygen atoms in total. The van der Waals surface area contributed by atoms with Crippen molar-refractivity contribution in [2.24, 2.45) is 0 Å². The molecule has 0 saturated carbocycles. The second kappa shape index (κ2) is 46.8. The number of esters is 3. The molecular formula is C52H90O6. The lowest BCUT2D eigenvalue weighted by Crippen LogP contribution is -2.30. The van der Waals surface area contributed by atoms with Crippen LogP contribution in [-0.2, 0) is 28.6 Å². The highest BCUT2D eigenvalue weighted by Crippen LogP contribution is 2.15. The summed E-state index contributed by atoms with van der Waals surface area (Å²) in [4.78, 5) is 37.7. The molecule has 0 N–H and O–H groups in total. The Bertz CT molecular complexity index is 1070. The van der Waals surface area contributed by atoms with Crippen LogP contribution in [0.15, 0.2) is 60.8 Å². The van der Waals surface area contributed by atoms with Gasteiger partial charge in [0, 0.05) is 19.3 Å². The van der Waals surface area contributed by atoms with Crippen LogP contribution in [0.5, 0.6) is 0 Å². The third kappa shape index (κ3) is 44.2. The van der Waals surface area contributed by atoms with Gasteiger partial charge in [0.2, 0.25) is 0 Å². The van der Waals surface area contributed by atoms with Crippen molar-refractivity contribution in [2.45, 2.75) is 239 Å². The molecule has 0 aromatic rings. The number of hydrogen-bond acceptors (Lipinski definition) is 6. The monoisotopic (exact) mass is 811 g/mol. The minimum Gasteiger partial charge on any atom is -0.462 e. The van der Waals surface area contributed by atoms with E-state index < -0.39 is 6.10 Å². The van der Waals surface area contributed by atoms with E-state index in [2.05, 4.69) is 45.1 Å². The second-order valence-corrected chi connectivity index (χ2v) is 16.1. The van der Waals surface area contributed by atoms with Gasteiger partial charge in [-0.1, -0.05) is 216 Å². The van der Waals surface area contributed by atoms with Gasteiger partial charge in [-0.15, -0.1) is 0 Å². The molecule has 0 aliphatic carbocycles. The molecule has 0 aliphatic rings. The largest absolute Gasteiger partial charge is 0.462 e. The lowest BCUT2D eigenvalue weighted by Gasteiger charge is -2.18. The first-order valence-electron chi connectivity index (χ1n) is 24.3. The summed E-state index contributed by atoms with van der Waals surface area (Å²) in [6.45, 7) is 6.41. The molecule has 0 radical (unpaired) electrons. The third-order valence-electron chi connectivity index (χ3n) is 10.4. The van der Waals surface area contributed by atoms with Gasteiger partial charge in [0.1, 0.15) is 13.2 Å². The molecule has 6 heteroatoms. The Kier molecular flexibility index (Phi) is 44.5. The van der Waals surface area contributed by atoms with E-state index in [4.69, 9.17) is 14.2 Å². The number of ether oxygens (including phenoxy) is 3. The molecule has 0 aromatic heterocycles. The van der Waals surface area contributed by atoms with Crippen molar-refractivity contribution >= 4 is 17.9 Å². The fraction of sp³-hybridized carbons (Fsp3) is 0.750. The lowest BCUT2D eigenvalue weighted by molar-refractivity contribution is -0.167. The van der Waals surface area contributed by atoms with E-state index in [-0.39, 0.29) is 37.5 Å². The summed E-state index contributed by atoms with van der Waals surface area (Å²) >= 11 is 0. The highest BCUT2D eigenvalue weighted by atomic mass is 16.6. The highest BCUT2D eigenvalue weighted by Gasteiger charge is 2.19. The van der Waals surface area contributed by atoms with Gasteiger partial charge in [-0.2, -0.15) is 0 Å². The van der Waals surface area contributed by atoms with Crippen LogP contribution in [0.25, 0.3) is 0 Å². The van der Waals surface area contributed by atoms with Crippen molar-refractivity contribution in [1.29, 1.82) is 0 Å². The molecule has 1 unspecified atom stereocenters. The number of carbonyl (C=O) groups is 3. The van der Waals surface area contributed by atoms with Crippen LogP contribution < -0.4 is 0 Å². The zero-order valence-corrected chi connectivity index (χ0v) is 38.0. The van der Waals surface area contributed by atoms with Crippen LogP contribution in [0.3, 0.4) is 0 Å². The molecule has 0 saturated heterocycles. The minimum absolute atomic E-state index is 0.0972. The average molecular weight is 811 g/mol. The van der Waals surface area contributed by atoms with Crippen LogP contribution >= 0.6 is 0 Å². The molecular weight excluding hydrogens is 721 g/mol. The van der Waals surface area contributed by atoms with Crippen LogP contribution in [-0.4, -0.2) is 37.2 Å². The first-order chi connectivity index (χ1) is 28.5. The van der Waals surface area contributed by atoms with E-state index in [1.54, 1.807) is 0 Å². The molecule has 334 valence electrons. The van der Waals surface area contributed by atoms with Crippen molar-refractivity contribution in [1.82, 2.24) is 0 Å². The van der Waals surface area contributed by atoms with Crippen molar-refractivity contribution in [3.05, 3.63) is 60.8 Å². The minimum atomic E-state index is -0.801. The number of carbonyl (C=O) groups excluding carboxylic acids is 3. The summed E-state index contributed by atoms with van der Waals surface area (Å²) in [5, 5.41) is 0. The maximum atomic E-state index is 12.7. The number of allylic oxidation sites excluding steroid dienone is 10. The van der Waals surface area contributed by atoms with Gasteiger partial charge >= 0.3 is 17.9 Å². The first kappa shape index (κ1) is 55.1. The maximum absolute atomic E-state index is 12.7. The Morgan fingerprint density at radius 1 is 0.362 bits per heavy atom. The zero-order valence-electron chi connectivity index (χ0n) is 38.0.